The summed E-state index contributed by atoms with van der Waals surface area (Å²) < 4.78 is 0. The van der Waals surface area contributed by atoms with Crippen LogP contribution in [0.1, 0.15) is 29.8 Å². The molecule has 1 N–H and O–H groups in total. The highest BCUT2D eigenvalue weighted by Crippen LogP contribution is 2.13. The molecule has 1 aliphatic heterocycles. The Labute approximate surface area is 114 Å². The summed E-state index contributed by atoms with van der Waals surface area (Å²) in [5, 5.41) is 8.87. The molecule has 0 saturated carbocycles. The summed E-state index contributed by atoms with van der Waals surface area (Å²) in [6.07, 6.45) is 0. The number of carboxylic acids is 1. The summed E-state index contributed by atoms with van der Waals surface area (Å²) in [5.74, 6) is -0.864. The van der Waals surface area contributed by atoms with Crippen molar-refractivity contribution in [2.45, 2.75) is 26.4 Å². The zero-order valence-corrected chi connectivity index (χ0v) is 11.7. The number of benzene rings is 1. The first-order chi connectivity index (χ1) is 9.10. The molecule has 0 amide bonds. The number of carboxylic acid groups (broad SMARTS) is 1. The fraction of sp³-hybridized carbons (Fsp3) is 0.533. The van der Waals surface area contributed by atoms with Crippen molar-refractivity contribution >= 4 is 5.97 Å². The lowest BCUT2D eigenvalue weighted by Gasteiger charge is -2.39. The first kappa shape index (κ1) is 14.0. The Morgan fingerprint density at radius 1 is 1.32 bits per heavy atom. The predicted octanol–water partition coefficient (Wildman–Crippen LogP) is 1.91. The van der Waals surface area contributed by atoms with Gasteiger partial charge in [0.15, 0.2) is 0 Å². The molecule has 1 aliphatic rings. The second-order valence-electron chi connectivity index (χ2n) is 5.21. The summed E-state index contributed by atoms with van der Waals surface area (Å²) in [6.45, 7) is 9.77. The lowest BCUT2D eigenvalue weighted by atomic mass is 10.1. The first-order valence-electron chi connectivity index (χ1n) is 6.88. The molecule has 1 atom stereocenters. The van der Waals surface area contributed by atoms with Gasteiger partial charge in [-0.15, -0.1) is 0 Å². The van der Waals surface area contributed by atoms with Gasteiger partial charge in [0.1, 0.15) is 0 Å². The van der Waals surface area contributed by atoms with Crippen LogP contribution in [0.2, 0.25) is 0 Å². The van der Waals surface area contributed by atoms with Crippen LogP contribution in [0.15, 0.2) is 24.3 Å². The van der Waals surface area contributed by atoms with Crippen LogP contribution in [0.25, 0.3) is 0 Å². The van der Waals surface area contributed by atoms with E-state index in [2.05, 4.69) is 23.6 Å². The molecule has 1 unspecified atom stereocenters. The van der Waals surface area contributed by atoms with Crippen molar-refractivity contribution in [1.82, 2.24) is 9.80 Å². The van der Waals surface area contributed by atoms with Gasteiger partial charge >= 0.3 is 5.97 Å². The molecule has 1 heterocycles. The maximum Gasteiger partial charge on any atom is 0.335 e. The Balaban J connectivity index is 1.93. The van der Waals surface area contributed by atoms with E-state index in [9.17, 15) is 4.79 Å². The van der Waals surface area contributed by atoms with Crippen molar-refractivity contribution in [2.75, 3.05) is 26.2 Å². The van der Waals surface area contributed by atoms with Gasteiger partial charge in [0.25, 0.3) is 0 Å². The van der Waals surface area contributed by atoms with Crippen molar-refractivity contribution < 1.29 is 9.90 Å². The molecule has 2 rings (SSSR count). The molecule has 0 spiro atoms. The highest BCUT2D eigenvalue weighted by Gasteiger charge is 2.22. The van der Waals surface area contributed by atoms with E-state index in [1.807, 2.05) is 12.1 Å². The summed E-state index contributed by atoms with van der Waals surface area (Å²) in [5.41, 5.74) is 1.54. The van der Waals surface area contributed by atoms with E-state index in [1.54, 1.807) is 12.1 Å². The Hall–Kier alpha value is -1.39. The van der Waals surface area contributed by atoms with Gasteiger partial charge in [-0.25, -0.2) is 4.79 Å². The van der Waals surface area contributed by atoms with Gasteiger partial charge in [0.2, 0.25) is 0 Å². The maximum atomic E-state index is 10.8. The summed E-state index contributed by atoms with van der Waals surface area (Å²) >= 11 is 0. The predicted molar refractivity (Wildman–Crippen MR) is 75.4 cm³/mol. The van der Waals surface area contributed by atoms with Crippen molar-refractivity contribution in [3.63, 3.8) is 0 Å². The van der Waals surface area contributed by atoms with E-state index in [1.165, 1.54) is 5.56 Å². The van der Waals surface area contributed by atoms with Crippen molar-refractivity contribution in [2.24, 2.45) is 0 Å². The SMILES string of the molecule is CCN1CCN(Cc2ccc(C(=O)O)cc2)CC1C. The topological polar surface area (TPSA) is 43.8 Å². The molecule has 19 heavy (non-hydrogen) atoms. The minimum Gasteiger partial charge on any atom is -0.478 e. The molecule has 1 aromatic carbocycles. The van der Waals surface area contributed by atoms with Crippen molar-refractivity contribution in [3.8, 4) is 0 Å². The molecule has 0 aromatic heterocycles. The van der Waals surface area contributed by atoms with E-state index < -0.39 is 5.97 Å². The number of nitrogens with zero attached hydrogens (tertiary/aromatic N) is 2. The molecule has 0 aliphatic carbocycles. The monoisotopic (exact) mass is 262 g/mol. The molecule has 0 radical (unpaired) electrons. The normalized spacial score (nSPS) is 21.5. The Morgan fingerprint density at radius 3 is 2.53 bits per heavy atom. The number of rotatable bonds is 4. The molecular formula is C15H22N2O2. The number of carbonyl (C=O) groups is 1. The fourth-order valence-electron chi connectivity index (χ4n) is 2.70. The second kappa shape index (κ2) is 6.17. The average Bonchev–Trinajstić information content (AvgIpc) is 2.39. The third-order valence-corrected chi connectivity index (χ3v) is 3.86. The lowest BCUT2D eigenvalue weighted by molar-refractivity contribution is 0.0697. The van der Waals surface area contributed by atoms with E-state index >= 15 is 0 Å². The molecule has 4 heteroatoms. The van der Waals surface area contributed by atoms with Gasteiger partial charge in [0.05, 0.1) is 5.56 Å². The van der Waals surface area contributed by atoms with E-state index in [0.29, 0.717) is 11.6 Å². The second-order valence-corrected chi connectivity index (χ2v) is 5.21. The van der Waals surface area contributed by atoms with Gasteiger partial charge in [-0.2, -0.15) is 0 Å². The van der Waals surface area contributed by atoms with Gasteiger partial charge < -0.3 is 5.11 Å². The Kier molecular flexibility index (Phi) is 4.56. The largest absolute Gasteiger partial charge is 0.478 e. The Bertz CT molecular complexity index is 430. The van der Waals surface area contributed by atoms with Crippen LogP contribution in [0.4, 0.5) is 0 Å². The quantitative estimate of drug-likeness (QED) is 0.900. The maximum absolute atomic E-state index is 10.8. The number of aromatic carboxylic acids is 1. The van der Waals surface area contributed by atoms with Gasteiger partial charge in [-0.1, -0.05) is 19.1 Å². The summed E-state index contributed by atoms with van der Waals surface area (Å²) in [4.78, 5) is 15.7. The van der Waals surface area contributed by atoms with Gasteiger partial charge in [-0.05, 0) is 31.2 Å². The van der Waals surface area contributed by atoms with Crippen LogP contribution in [0.3, 0.4) is 0 Å². The fourth-order valence-corrected chi connectivity index (χ4v) is 2.70. The van der Waals surface area contributed by atoms with E-state index in [0.717, 1.165) is 32.7 Å². The van der Waals surface area contributed by atoms with Crippen LogP contribution in [-0.2, 0) is 6.54 Å². The number of hydrogen-bond acceptors (Lipinski definition) is 3. The number of hydrogen-bond donors (Lipinski definition) is 1. The molecule has 1 aromatic rings. The summed E-state index contributed by atoms with van der Waals surface area (Å²) in [6, 6.07) is 7.80. The minimum absolute atomic E-state index is 0.355. The zero-order chi connectivity index (χ0) is 13.8. The third kappa shape index (κ3) is 3.55. The van der Waals surface area contributed by atoms with E-state index in [4.69, 9.17) is 5.11 Å². The van der Waals surface area contributed by atoms with Crippen LogP contribution in [0, 0.1) is 0 Å². The lowest BCUT2D eigenvalue weighted by Crippen LogP contribution is -2.51. The van der Waals surface area contributed by atoms with Crippen LogP contribution in [0.5, 0.6) is 0 Å². The van der Waals surface area contributed by atoms with E-state index in [-0.39, 0.29) is 0 Å². The van der Waals surface area contributed by atoms with Crippen LogP contribution >= 0.6 is 0 Å². The highest BCUT2D eigenvalue weighted by molar-refractivity contribution is 5.87. The highest BCUT2D eigenvalue weighted by atomic mass is 16.4. The average molecular weight is 262 g/mol. The molecule has 4 nitrogen and oxygen atoms in total. The standard InChI is InChI=1S/C15H22N2O2/c1-3-17-9-8-16(10-12(17)2)11-13-4-6-14(7-5-13)15(18)19/h4-7,12H,3,8-11H2,1-2H3,(H,18,19). The first-order valence-corrected chi connectivity index (χ1v) is 6.88. The molecule has 0 bridgehead atoms. The molecule has 1 fully saturated rings. The molecule has 1 saturated heterocycles. The molecular weight excluding hydrogens is 240 g/mol. The third-order valence-electron chi connectivity index (χ3n) is 3.86. The molecule has 104 valence electrons. The van der Waals surface area contributed by atoms with Crippen molar-refractivity contribution in [1.29, 1.82) is 0 Å². The smallest absolute Gasteiger partial charge is 0.335 e. The van der Waals surface area contributed by atoms with Crippen LogP contribution < -0.4 is 0 Å². The number of piperazine rings is 1. The van der Waals surface area contributed by atoms with Gasteiger partial charge in [-0.3, -0.25) is 9.80 Å². The Morgan fingerprint density at radius 2 is 2.00 bits per heavy atom. The van der Waals surface area contributed by atoms with Gasteiger partial charge in [0, 0.05) is 32.2 Å². The van der Waals surface area contributed by atoms with Crippen molar-refractivity contribution in [3.05, 3.63) is 35.4 Å². The zero-order valence-electron chi connectivity index (χ0n) is 11.7. The summed E-state index contributed by atoms with van der Waals surface area (Å²) in [7, 11) is 0. The minimum atomic E-state index is -0.864. The van der Waals surface area contributed by atoms with Crippen LogP contribution in [-0.4, -0.2) is 53.1 Å². The number of likely N-dealkylation sites (N-methyl/N-ethyl adjacent to an activating group) is 1.